The topological polar surface area (TPSA) is 47.7 Å². The van der Waals surface area contributed by atoms with Crippen LogP contribution >= 0.6 is 15.9 Å². The minimum absolute atomic E-state index is 0.0220. The van der Waals surface area contributed by atoms with Crippen LogP contribution in [-0.2, 0) is 0 Å². The molecule has 2 atom stereocenters. The first-order valence-corrected chi connectivity index (χ1v) is 7.59. The molecule has 4 nitrogen and oxygen atoms in total. The van der Waals surface area contributed by atoms with E-state index in [0.29, 0.717) is 47.2 Å². The van der Waals surface area contributed by atoms with E-state index >= 15 is 0 Å². The number of rotatable bonds is 2. The van der Waals surface area contributed by atoms with E-state index in [4.69, 9.17) is 15.2 Å². The second-order valence-electron chi connectivity index (χ2n) is 5.40. The normalized spacial score (nSPS) is 26.0. The van der Waals surface area contributed by atoms with Crippen molar-refractivity contribution in [2.45, 2.75) is 12.5 Å². The molecule has 20 heavy (non-hydrogen) atoms. The van der Waals surface area contributed by atoms with Gasteiger partial charge in [0.05, 0.1) is 4.47 Å². The van der Waals surface area contributed by atoms with Crippen LogP contribution in [-0.4, -0.2) is 38.3 Å². The molecule has 2 N–H and O–H groups in total. The fraction of sp³-hybridized carbons (Fsp3) is 0.571. The number of hydrogen-bond acceptors (Lipinski definition) is 4. The minimum Gasteiger partial charge on any atom is -0.486 e. The van der Waals surface area contributed by atoms with Gasteiger partial charge in [0.15, 0.2) is 11.5 Å². The molecule has 1 aromatic carbocycles. The number of nitrogens with two attached hydrogens (primary N) is 1. The van der Waals surface area contributed by atoms with Gasteiger partial charge in [-0.3, -0.25) is 4.90 Å². The molecule has 0 aliphatic carbocycles. The molecule has 0 saturated carbocycles. The van der Waals surface area contributed by atoms with Gasteiger partial charge in [0, 0.05) is 24.2 Å². The fourth-order valence-corrected chi connectivity index (χ4v) is 3.81. The predicted octanol–water partition coefficient (Wildman–Crippen LogP) is 2.31. The molecule has 2 heterocycles. The fourth-order valence-electron chi connectivity index (χ4n) is 3.05. The van der Waals surface area contributed by atoms with Gasteiger partial charge >= 0.3 is 0 Å². The Balaban J connectivity index is 2.01. The molecule has 1 aromatic rings. The van der Waals surface area contributed by atoms with Crippen molar-refractivity contribution in [1.82, 2.24) is 4.90 Å². The van der Waals surface area contributed by atoms with Crippen molar-refractivity contribution in [3.63, 3.8) is 0 Å². The molecule has 0 spiro atoms. The Bertz CT molecular complexity index is 526. The highest BCUT2D eigenvalue weighted by Crippen LogP contribution is 2.46. The van der Waals surface area contributed by atoms with Gasteiger partial charge in [-0.15, -0.1) is 0 Å². The minimum atomic E-state index is -0.254. The zero-order chi connectivity index (χ0) is 14.3. The first-order valence-electron chi connectivity index (χ1n) is 6.79. The third-order valence-electron chi connectivity index (χ3n) is 4.06. The van der Waals surface area contributed by atoms with Crippen LogP contribution in [0.25, 0.3) is 0 Å². The average molecular weight is 345 g/mol. The second kappa shape index (κ2) is 5.50. The van der Waals surface area contributed by atoms with Crippen LogP contribution in [0, 0.1) is 11.7 Å². The van der Waals surface area contributed by atoms with Gasteiger partial charge in [0.1, 0.15) is 19.0 Å². The van der Waals surface area contributed by atoms with Gasteiger partial charge < -0.3 is 15.2 Å². The second-order valence-corrected chi connectivity index (χ2v) is 6.20. The third-order valence-corrected chi connectivity index (χ3v) is 4.85. The monoisotopic (exact) mass is 344 g/mol. The molecule has 1 fully saturated rings. The van der Waals surface area contributed by atoms with Crippen LogP contribution in [0.2, 0.25) is 0 Å². The van der Waals surface area contributed by atoms with E-state index in [0.717, 1.165) is 13.0 Å². The Hall–Kier alpha value is -0.850. The molecule has 2 unspecified atom stereocenters. The highest BCUT2D eigenvalue weighted by molar-refractivity contribution is 9.10. The summed E-state index contributed by atoms with van der Waals surface area (Å²) < 4.78 is 26.2. The molecular weight excluding hydrogens is 327 g/mol. The van der Waals surface area contributed by atoms with Gasteiger partial charge in [0.25, 0.3) is 0 Å². The lowest BCUT2D eigenvalue weighted by molar-refractivity contribution is 0.168. The molecule has 0 radical (unpaired) electrons. The van der Waals surface area contributed by atoms with Crippen molar-refractivity contribution in [2.75, 3.05) is 33.4 Å². The molecule has 3 rings (SSSR count). The maximum absolute atomic E-state index is 14.5. The van der Waals surface area contributed by atoms with Gasteiger partial charge in [-0.2, -0.15) is 0 Å². The number of hydrogen-bond donors (Lipinski definition) is 1. The van der Waals surface area contributed by atoms with Crippen molar-refractivity contribution in [1.29, 1.82) is 0 Å². The van der Waals surface area contributed by atoms with Crippen LogP contribution in [0.1, 0.15) is 18.0 Å². The lowest BCUT2D eigenvalue weighted by Crippen LogP contribution is -2.22. The van der Waals surface area contributed by atoms with E-state index < -0.39 is 0 Å². The van der Waals surface area contributed by atoms with Crippen LogP contribution in [0.4, 0.5) is 4.39 Å². The first kappa shape index (κ1) is 14.1. The summed E-state index contributed by atoms with van der Waals surface area (Å²) in [6, 6.07) is 1.45. The Morgan fingerprint density at radius 2 is 2.20 bits per heavy atom. The van der Waals surface area contributed by atoms with E-state index in [2.05, 4.69) is 20.8 Å². The zero-order valence-electron chi connectivity index (χ0n) is 11.4. The van der Waals surface area contributed by atoms with Crippen LogP contribution < -0.4 is 15.2 Å². The Kier molecular flexibility index (Phi) is 3.88. The summed E-state index contributed by atoms with van der Waals surface area (Å²) in [4.78, 5) is 2.15. The molecule has 0 amide bonds. The van der Waals surface area contributed by atoms with Gasteiger partial charge in [-0.1, -0.05) is 0 Å². The molecule has 0 bridgehead atoms. The van der Waals surface area contributed by atoms with Crippen LogP contribution in [0.15, 0.2) is 10.5 Å². The highest BCUT2D eigenvalue weighted by atomic mass is 79.9. The quantitative estimate of drug-likeness (QED) is 0.894. The average Bonchev–Trinajstić information content (AvgIpc) is 2.80. The molecule has 110 valence electrons. The lowest BCUT2D eigenvalue weighted by Gasteiger charge is -2.26. The summed E-state index contributed by atoms with van der Waals surface area (Å²) in [5, 5.41) is 0. The number of nitrogens with zero attached hydrogens (tertiary/aromatic N) is 1. The Labute approximate surface area is 126 Å². The number of benzene rings is 1. The van der Waals surface area contributed by atoms with E-state index in [1.54, 1.807) is 0 Å². The summed E-state index contributed by atoms with van der Waals surface area (Å²) in [7, 11) is 2.00. The standard InChI is InChI=1S/C14H18BrFN2O2/c1-18-7-8(6-17)4-10(18)12-9(16)5-11-14(13(12)15)20-3-2-19-11/h5,8,10H,2-4,6-7,17H2,1H3. The Morgan fingerprint density at radius 3 is 2.90 bits per heavy atom. The number of likely N-dealkylation sites (tertiary alicyclic amines) is 1. The van der Waals surface area contributed by atoms with Crippen molar-refractivity contribution < 1.29 is 13.9 Å². The van der Waals surface area contributed by atoms with Gasteiger partial charge in [-0.05, 0) is 41.9 Å². The van der Waals surface area contributed by atoms with E-state index in [1.807, 2.05) is 7.05 Å². The van der Waals surface area contributed by atoms with E-state index in [-0.39, 0.29) is 11.9 Å². The summed E-state index contributed by atoms with van der Waals surface area (Å²) >= 11 is 3.49. The Morgan fingerprint density at radius 1 is 1.45 bits per heavy atom. The van der Waals surface area contributed by atoms with Crippen molar-refractivity contribution in [2.24, 2.45) is 11.7 Å². The first-order chi connectivity index (χ1) is 9.61. The maximum Gasteiger partial charge on any atom is 0.176 e. The van der Waals surface area contributed by atoms with Crippen molar-refractivity contribution in [3.8, 4) is 11.5 Å². The van der Waals surface area contributed by atoms with Crippen LogP contribution in [0.3, 0.4) is 0 Å². The van der Waals surface area contributed by atoms with Gasteiger partial charge in [-0.25, -0.2) is 4.39 Å². The smallest absolute Gasteiger partial charge is 0.176 e. The molecule has 0 aromatic heterocycles. The van der Waals surface area contributed by atoms with Crippen molar-refractivity contribution in [3.05, 3.63) is 21.9 Å². The molecule has 2 aliphatic heterocycles. The third kappa shape index (κ3) is 2.29. The van der Waals surface area contributed by atoms with Gasteiger partial charge in [0.2, 0.25) is 0 Å². The molecular formula is C14H18BrFN2O2. The highest BCUT2D eigenvalue weighted by Gasteiger charge is 2.35. The van der Waals surface area contributed by atoms with Crippen LogP contribution in [0.5, 0.6) is 11.5 Å². The molecule has 6 heteroatoms. The van der Waals surface area contributed by atoms with E-state index in [9.17, 15) is 4.39 Å². The van der Waals surface area contributed by atoms with E-state index in [1.165, 1.54) is 6.07 Å². The molecule has 2 aliphatic rings. The largest absolute Gasteiger partial charge is 0.486 e. The number of ether oxygens (including phenoxy) is 2. The summed E-state index contributed by atoms with van der Waals surface area (Å²) in [5.41, 5.74) is 6.39. The lowest BCUT2D eigenvalue weighted by atomic mass is 9.99. The number of halogens is 2. The number of fused-ring (bicyclic) bond motifs is 1. The predicted molar refractivity (Wildman–Crippen MR) is 77.6 cm³/mol. The van der Waals surface area contributed by atoms with Crippen molar-refractivity contribution >= 4 is 15.9 Å². The molecule has 1 saturated heterocycles. The summed E-state index contributed by atoms with van der Waals surface area (Å²) in [5.74, 6) is 1.23. The zero-order valence-corrected chi connectivity index (χ0v) is 13.0. The summed E-state index contributed by atoms with van der Waals surface area (Å²) in [6.45, 7) is 2.46. The summed E-state index contributed by atoms with van der Waals surface area (Å²) in [6.07, 6.45) is 0.863. The SMILES string of the molecule is CN1CC(CN)CC1c1c(F)cc2c(c1Br)OCCO2. The maximum atomic E-state index is 14.5.